The normalized spacial score (nSPS) is 21.1. The summed E-state index contributed by atoms with van der Waals surface area (Å²) in [6.07, 6.45) is 2.30. The van der Waals surface area contributed by atoms with Crippen LogP contribution in [0.1, 0.15) is 35.7 Å². The van der Waals surface area contributed by atoms with Crippen LogP contribution >= 0.6 is 0 Å². The van der Waals surface area contributed by atoms with Crippen molar-refractivity contribution in [3.05, 3.63) is 29.3 Å². The number of nitrogen functional groups attached to an aromatic ring is 1. The van der Waals surface area contributed by atoms with Gasteiger partial charge in [-0.2, -0.15) is 0 Å². The van der Waals surface area contributed by atoms with Crippen LogP contribution in [0.3, 0.4) is 0 Å². The third kappa shape index (κ3) is 3.95. The van der Waals surface area contributed by atoms with Crippen molar-refractivity contribution in [2.75, 3.05) is 32.4 Å². The zero-order valence-electron chi connectivity index (χ0n) is 13.0. The Labute approximate surface area is 126 Å². The molecule has 4 N–H and O–H groups in total. The Bertz CT molecular complexity index is 503. The zero-order valence-corrected chi connectivity index (χ0v) is 13.0. The first kappa shape index (κ1) is 15.8. The van der Waals surface area contributed by atoms with Gasteiger partial charge in [-0.25, -0.2) is 0 Å². The van der Waals surface area contributed by atoms with E-state index in [2.05, 4.69) is 23.8 Å². The molecule has 0 spiro atoms. The first-order valence-electron chi connectivity index (χ1n) is 7.62. The van der Waals surface area contributed by atoms with Gasteiger partial charge in [0.15, 0.2) is 0 Å². The number of hydrogen-bond donors (Lipinski definition) is 2. The number of carbonyl (C=O) groups excluding carboxylic acids is 1. The van der Waals surface area contributed by atoms with Crippen molar-refractivity contribution in [2.24, 2.45) is 5.73 Å². The molecule has 1 heterocycles. The average Bonchev–Trinajstić information content (AvgIpc) is 2.62. The molecule has 21 heavy (non-hydrogen) atoms. The van der Waals surface area contributed by atoms with E-state index in [0.717, 1.165) is 38.2 Å². The fourth-order valence-electron chi connectivity index (χ4n) is 3.00. The van der Waals surface area contributed by atoms with Gasteiger partial charge < -0.3 is 16.4 Å². The van der Waals surface area contributed by atoms with Crippen LogP contribution in [-0.2, 0) is 6.54 Å². The lowest BCUT2D eigenvalue weighted by Gasteiger charge is -2.30. The number of rotatable bonds is 4. The number of benzene rings is 1. The quantitative estimate of drug-likeness (QED) is 0.819. The summed E-state index contributed by atoms with van der Waals surface area (Å²) in [7, 11) is 2.18. The molecule has 1 atom stereocenters. The molecular weight excluding hydrogens is 264 g/mol. The monoisotopic (exact) mass is 290 g/mol. The Hall–Kier alpha value is -1.59. The van der Waals surface area contributed by atoms with E-state index in [1.54, 1.807) is 12.1 Å². The van der Waals surface area contributed by atoms with Crippen LogP contribution in [0.2, 0.25) is 0 Å². The maximum Gasteiger partial charge on any atom is 0.248 e. The summed E-state index contributed by atoms with van der Waals surface area (Å²) in [5.74, 6) is -0.434. The highest BCUT2D eigenvalue weighted by atomic mass is 16.1. The van der Waals surface area contributed by atoms with Crippen molar-refractivity contribution in [2.45, 2.75) is 32.4 Å². The lowest BCUT2D eigenvalue weighted by atomic mass is 10.1. The molecular formula is C16H26N4O. The van der Waals surface area contributed by atoms with E-state index >= 15 is 0 Å². The van der Waals surface area contributed by atoms with Gasteiger partial charge in [-0.1, -0.05) is 13.0 Å². The van der Waals surface area contributed by atoms with Gasteiger partial charge in [-0.05, 0) is 44.1 Å². The van der Waals surface area contributed by atoms with Gasteiger partial charge in [0.05, 0.1) is 0 Å². The van der Waals surface area contributed by atoms with Gasteiger partial charge in [-0.15, -0.1) is 0 Å². The molecule has 0 saturated carbocycles. The number of likely N-dealkylation sites (N-methyl/N-ethyl adjacent to an activating group) is 1. The minimum absolute atomic E-state index is 0.434. The van der Waals surface area contributed by atoms with Crippen LogP contribution < -0.4 is 11.5 Å². The van der Waals surface area contributed by atoms with Crippen LogP contribution in [0.4, 0.5) is 5.69 Å². The third-order valence-electron chi connectivity index (χ3n) is 4.30. The molecule has 0 aliphatic carbocycles. The molecule has 0 bridgehead atoms. The fraction of sp³-hybridized carbons (Fsp3) is 0.562. The summed E-state index contributed by atoms with van der Waals surface area (Å²) in [5, 5.41) is 0. The first-order chi connectivity index (χ1) is 10.0. The van der Waals surface area contributed by atoms with E-state index < -0.39 is 5.91 Å². The molecule has 1 aromatic carbocycles. The van der Waals surface area contributed by atoms with Crippen molar-refractivity contribution in [1.29, 1.82) is 0 Å². The lowest BCUT2D eigenvalue weighted by molar-refractivity contribution is 0.100. The summed E-state index contributed by atoms with van der Waals surface area (Å²) in [5.41, 5.74) is 13.6. The van der Waals surface area contributed by atoms with Gasteiger partial charge in [-0.3, -0.25) is 9.69 Å². The Morgan fingerprint density at radius 3 is 2.76 bits per heavy atom. The fourth-order valence-corrected chi connectivity index (χ4v) is 3.00. The van der Waals surface area contributed by atoms with Crippen molar-refractivity contribution < 1.29 is 4.79 Å². The highest BCUT2D eigenvalue weighted by molar-refractivity contribution is 5.93. The maximum atomic E-state index is 11.2. The second kappa shape index (κ2) is 6.91. The van der Waals surface area contributed by atoms with Crippen LogP contribution in [0.25, 0.3) is 0 Å². The number of nitrogens with zero attached hydrogens (tertiary/aromatic N) is 2. The standard InChI is InChI=1S/C16H26N4O/c1-3-14-11-19(2)7-4-8-20(14)10-13-6-5-12(16(18)21)9-15(13)17/h5-6,9,14H,3-4,7-8,10-11,17H2,1-2H3,(H2,18,21). The molecule has 1 saturated heterocycles. The second-order valence-electron chi connectivity index (χ2n) is 5.93. The Balaban J connectivity index is 2.14. The van der Waals surface area contributed by atoms with Crippen LogP contribution in [0.15, 0.2) is 18.2 Å². The molecule has 0 aromatic heterocycles. The molecule has 1 unspecified atom stereocenters. The van der Waals surface area contributed by atoms with Crippen LogP contribution in [0.5, 0.6) is 0 Å². The largest absolute Gasteiger partial charge is 0.398 e. The topological polar surface area (TPSA) is 75.6 Å². The number of amides is 1. The third-order valence-corrected chi connectivity index (χ3v) is 4.30. The smallest absolute Gasteiger partial charge is 0.248 e. The van der Waals surface area contributed by atoms with Crippen LogP contribution in [0, 0.1) is 0 Å². The van der Waals surface area contributed by atoms with Crippen molar-refractivity contribution >= 4 is 11.6 Å². The molecule has 5 nitrogen and oxygen atoms in total. The number of anilines is 1. The highest BCUT2D eigenvalue weighted by Crippen LogP contribution is 2.20. The molecule has 1 amide bonds. The van der Waals surface area contributed by atoms with E-state index in [4.69, 9.17) is 11.5 Å². The molecule has 2 rings (SSSR count). The Kier molecular flexibility index (Phi) is 5.20. The van der Waals surface area contributed by atoms with E-state index in [0.29, 0.717) is 17.3 Å². The zero-order chi connectivity index (χ0) is 15.4. The average molecular weight is 290 g/mol. The molecule has 1 aliphatic heterocycles. The number of hydrogen-bond acceptors (Lipinski definition) is 4. The molecule has 116 valence electrons. The van der Waals surface area contributed by atoms with E-state index in [1.165, 1.54) is 6.42 Å². The minimum Gasteiger partial charge on any atom is -0.398 e. The highest BCUT2D eigenvalue weighted by Gasteiger charge is 2.22. The van der Waals surface area contributed by atoms with E-state index in [1.807, 2.05) is 6.07 Å². The second-order valence-corrected chi connectivity index (χ2v) is 5.93. The molecule has 1 fully saturated rings. The Morgan fingerprint density at radius 1 is 1.38 bits per heavy atom. The molecule has 1 aliphatic rings. The summed E-state index contributed by atoms with van der Waals surface area (Å²) in [6.45, 7) is 6.38. The predicted octanol–water partition coefficient (Wildman–Crippen LogP) is 1.28. The van der Waals surface area contributed by atoms with Crippen LogP contribution in [-0.4, -0.2) is 48.4 Å². The SMILES string of the molecule is CCC1CN(C)CCCN1Cc1ccc(C(N)=O)cc1N. The number of carbonyl (C=O) groups is 1. The van der Waals surface area contributed by atoms with E-state index in [9.17, 15) is 4.79 Å². The first-order valence-corrected chi connectivity index (χ1v) is 7.62. The van der Waals surface area contributed by atoms with Gasteiger partial charge in [0.25, 0.3) is 0 Å². The molecule has 1 aromatic rings. The lowest BCUT2D eigenvalue weighted by Crippen LogP contribution is -2.39. The number of nitrogens with two attached hydrogens (primary N) is 2. The van der Waals surface area contributed by atoms with E-state index in [-0.39, 0.29) is 0 Å². The van der Waals surface area contributed by atoms with Crippen molar-refractivity contribution in [3.63, 3.8) is 0 Å². The van der Waals surface area contributed by atoms with Gasteiger partial charge >= 0.3 is 0 Å². The molecule has 0 radical (unpaired) electrons. The van der Waals surface area contributed by atoms with Crippen molar-refractivity contribution in [3.8, 4) is 0 Å². The van der Waals surface area contributed by atoms with Gasteiger partial charge in [0, 0.05) is 36.9 Å². The van der Waals surface area contributed by atoms with Gasteiger partial charge in [0.2, 0.25) is 5.91 Å². The van der Waals surface area contributed by atoms with Gasteiger partial charge in [0.1, 0.15) is 0 Å². The summed E-state index contributed by atoms with van der Waals surface area (Å²) >= 11 is 0. The molecule has 5 heteroatoms. The summed E-state index contributed by atoms with van der Waals surface area (Å²) in [4.78, 5) is 16.1. The number of primary amides is 1. The predicted molar refractivity (Wildman–Crippen MR) is 86.0 cm³/mol. The minimum atomic E-state index is -0.434. The van der Waals surface area contributed by atoms with Crippen molar-refractivity contribution in [1.82, 2.24) is 9.80 Å². The maximum absolute atomic E-state index is 11.2. The summed E-state index contributed by atoms with van der Waals surface area (Å²) < 4.78 is 0. The summed E-state index contributed by atoms with van der Waals surface area (Å²) in [6, 6.07) is 5.92. The Morgan fingerprint density at radius 2 is 2.14 bits per heavy atom.